The van der Waals surface area contributed by atoms with Crippen molar-refractivity contribution in [2.75, 3.05) is 31.5 Å². The molecule has 2 N–H and O–H groups in total. The number of rotatable bonds is 6. The van der Waals surface area contributed by atoms with Crippen LogP contribution in [0.2, 0.25) is 5.02 Å². The Balaban J connectivity index is 1.68. The van der Waals surface area contributed by atoms with Gasteiger partial charge >= 0.3 is 0 Å². The number of hydrogen-bond donors (Lipinski definition) is 2. The standard InChI is InChI=1S/C18H18ClN5O3S2/c19-13-2-1-12-7-18(28-15(12)8-13)29(26,27)17(23-14-3-4-21-22-9-14)11-24-6-5-20-16(25)10-24/h1-4,7-9,17H,5-6,10-11H2,(H,20,25)(H,21,23). The lowest BCUT2D eigenvalue weighted by atomic mass is 10.3. The van der Waals surface area contributed by atoms with Crippen LogP contribution in [0, 0.1) is 0 Å². The molecule has 1 aliphatic heterocycles. The van der Waals surface area contributed by atoms with Gasteiger partial charge in [0.05, 0.1) is 24.6 Å². The van der Waals surface area contributed by atoms with Crippen molar-refractivity contribution in [2.45, 2.75) is 9.58 Å². The minimum absolute atomic E-state index is 0.116. The van der Waals surface area contributed by atoms with Crippen molar-refractivity contribution in [1.29, 1.82) is 0 Å². The van der Waals surface area contributed by atoms with E-state index in [-0.39, 0.29) is 23.2 Å². The van der Waals surface area contributed by atoms with E-state index in [0.717, 1.165) is 10.1 Å². The van der Waals surface area contributed by atoms with Crippen LogP contribution in [0.15, 0.2) is 46.9 Å². The fourth-order valence-corrected chi connectivity index (χ4v) is 6.55. The Morgan fingerprint density at radius 2 is 2.14 bits per heavy atom. The summed E-state index contributed by atoms with van der Waals surface area (Å²) in [6.07, 6.45) is 2.96. The third-order valence-electron chi connectivity index (χ3n) is 4.57. The number of aromatic nitrogens is 2. The van der Waals surface area contributed by atoms with Gasteiger partial charge in [-0.05, 0) is 29.7 Å². The third kappa shape index (κ3) is 4.50. The van der Waals surface area contributed by atoms with E-state index in [2.05, 4.69) is 20.8 Å². The number of piperazine rings is 1. The highest BCUT2D eigenvalue weighted by Gasteiger charge is 2.32. The van der Waals surface area contributed by atoms with Crippen LogP contribution in [-0.2, 0) is 14.6 Å². The average Bonchev–Trinajstić information content (AvgIpc) is 3.12. The summed E-state index contributed by atoms with van der Waals surface area (Å²) < 4.78 is 28.0. The smallest absolute Gasteiger partial charge is 0.234 e. The fourth-order valence-electron chi connectivity index (χ4n) is 3.13. The molecule has 1 aromatic carbocycles. The van der Waals surface area contributed by atoms with E-state index in [0.29, 0.717) is 23.8 Å². The number of benzene rings is 1. The normalized spacial score (nSPS) is 16.5. The molecule has 11 heteroatoms. The van der Waals surface area contributed by atoms with Gasteiger partial charge in [-0.25, -0.2) is 8.42 Å². The van der Waals surface area contributed by atoms with Crippen molar-refractivity contribution >= 4 is 54.5 Å². The Hall–Kier alpha value is -2.27. The van der Waals surface area contributed by atoms with Gasteiger partial charge in [0, 0.05) is 29.4 Å². The van der Waals surface area contributed by atoms with Crippen LogP contribution in [-0.4, -0.2) is 61.0 Å². The van der Waals surface area contributed by atoms with Gasteiger partial charge in [-0.3, -0.25) is 9.69 Å². The van der Waals surface area contributed by atoms with Gasteiger partial charge in [0.25, 0.3) is 0 Å². The highest BCUT2D eigenvalue weighted by atomic mass is 35.5. The monoisotopic (exact) mass is 451 g/mol. The molecule has 1 aliphatic rings. The number of nitrogens with zero attached hydrogens (tertiary/aromatic N) is 3. The maximum absolute atomic E-state index is 13.5. The zero-order valence-corrected chi connectivity index (χ0v) is 17.6. The molecular formula is C18H18ClN5O3S2. The highest BCUT2D eigenvalue weighted by molar-refractivity contribution is 7.94. The zero-order valence-electron chi connectivity index (χ0n) is 15.2. The van der Waals surface area contributed by atoms with E-state index in [1.807, 2.05) is 4.90 Å². The second kappa shape index (κ2) is 8.23. The van der Waals surface area contributed by atoms with Crippen molar-refractivity contribution < 1.29 is 13.2 Å². The van der Waals surface area contributed by atoms with Gasteiger partial charge in [0.2, 0.25) is 15.7 Å². The molecule has 1 saturated heterocycles. The summed E-state index contributed by atoms with van der Waals surface area (Å²) in [7, 11) is -3.75. The van der Waals surface area contributed by atoms with Crippen LogP contribution in [0.3, 0.4) is 0 Å². The Morgan fingerprint density at radius 1 is 1.28 bits per heavy atom. The van der Waals surface area contributed by atoms with E-state index in [9.17, 15) is 13.2 Å². The maximum atomic E-state index is 13.5. The summed E-state index contributed by atoms with van der Waals surface area (Å²) >= 11 is 7.22. The van der Waals surface area contributed by atoms with Crippen LogP contribution >= 0.6 is 22.9 Å². The van der Waals surface area contributed by atoms with Gasteiger partial charge in [-0.15, -0.1) is 11.3 Å². The number of sulfone groups is 1. The minimum Gasteiger partial charge on any atom is -0.366 e. The molecule has 1 unspecified atom stereocenters. The molecule has 1 amide bonds. The van der Waals surface area contributed by atoms with Crippen molar-refractivity contribution in [3.8, 4) is 0 Å². The van der Waals surface area contributed by atoms with Crippen LogP contribution in [0.4, 0.5) is 5.69 Å². The Bertz CT molecular complexity index is 1140. The largest absolute Gasteiger partial charge is 0.366 e. The van der Waals surface area contributed by atoms with Gasteiger partial charge in [-0.1, -0.05) is 17.7 Å². The lowest BCUT2D eigenvalue weighted by Gasteiger charge is -2.30. The second-order valence-electron chi connectivity index (χ2n) is 6.64. The predicted octanol–water partition coefficient (Wildman–Crippen LogP) is 1.99. The summed E-state index contributed by atoms with van der Waals surface area (Å²) in [6, 6.07) is 8.61. The molecule has 3 aromatic rings. The number of hydrogen-bond acceptors (Lipinski definition) is 8. The first kappa shape index (κ1) is 20.0. The maximum Gasteiger partial charge on any atom is 0.234 e. The number of carbonyl (C=O) groups excluding carboxylic acids is 1. The van der Waals surface area contributed by atoms with Crippen molar-refractivity contribution in [3.63, 3.8) is 0 Å². The van der Waals surface area contributed by atoms with Crippen LogP contribution in [0.1, 0.15) is 0 Å². The molecule has 1 atom stereocenters. The van der Waals surface area contributed by atoms with Crippen molar-refractivity contribution in [3.05, 3.63) is 47.7 Å². The van der Waals surface area contributed by atoms with Crippen LogP contribution in [0.25, 0.3) is 10.1 Å². The second-order valence-corrected chi connectivity index (χ2v) is 10.5. The molecule has 0 spiro atoms. The molecule has 0 radical (unpaired) electrons. The van der Waals surface area contributed by atoms with E-state index in [1.165, 1.54) is 23.7 Å². The highest BCUT2D eigenvalue weighted by Crippen LogP contribution is 2.33. The van der Waals surface area contributed by atoms with Gasteiger partial charge < -0.3 is 10.6 Å². The number of thiophene rings is 1. The SMILES string of the molecule is O=C1CN(CC(Nc2ccnnc2)S(=O)(=O)c2cc3ccc(Cl)cc3s2)CCN1. The molecule has 0 bridgehead atoms. The lowest BCUT2D eigenvalue weighted by Crippen LogP contribution is -2.52. The van der Waals surface area contributed by atoms with Crippen LogP contribution in [0.5, 0.6) is 0 Å². The topological polar surface area (TPSA) is 104 Å². The van der Waals surface area contributed by atoms with Crippen molar-refractivity contribution in [1.82, 2.24) is 20.4 Å². The number of carbonyl (C=O) groups is 1. The molecular weight excluding hydrogens is 434 g/mol. The number of fused-ring (bicyclic) bond motifs is 1. The summed E-state index contributed by atoms with van der Waals surface area (Å²) in [5.41, 5.74) is 0.541. The zero-order chi connectivity index (χ0) is 20.4. The summed E-state index contributed by atoms with van der Waals surface area (Å²) in [5, 5.41) is 13.7. The quantitative estimate of drug-likeness (QED) is 0.590. The first-order valence-electron chi connectivity index (χ1n) is 8.87. The molecule has 1 fully saturated rings. The number of halogens is 1. The van der Waals surface area contributed by atoms with Crippen LogP contribution < -0.4 is 10.6 Å². The fraction of sp³-hybridized carbons (Fsp3) is 0.278. The Labute approximate surface area is 176 Å². The number of anilines is 1. The molecule has 0 aliphatic carbocycles. The predicted molar refractivity (Wildman–Crippen MR) is 113 cm³/mol. The van der Waals surface area contributed by atoms with Crippen molar-refractivity contribution in [2.24, 2.45) is 0 Å². The van der Waals surface area contributed by atoms with E-state index >= 15 is 0 Å². The average molecular weight is 452 g/mol. The molecule has 152 valence electrons. The molecule has 29 heavy (non-hydrogen) atoms. The Kier molecular flexibility index (Phi) is 5.68. The summed E-state index contributed by atoms with van der Waals surface area (Å²) in [6.45, 7) is 1.39. The molecule has 3 heterocycles. The van der Waals surface area contributed by atoms with Gasteiger partial charge in [0.1, 0.15) is 9.58 Å². The molecule has 4 rings (SSSR count). The first-order valence-corrected chi connectivity index (χ1v) is 11.6. The number of nitrogens with one attached hydrogen (secondary N) is 2. The van der Waals surface area contributed by atoms with Gasteiger partial charge in [0.15, 0.2) is 0 Å². The molecule has 0 saturated carbocycles. The first-order chi connectivity index (χ1) is 13.9. The van der Waals surface area contributed by atoms with Gasteiger partial charge in [-0.2, -0.15) is 10.2 Å². The Morgan fingerprint density at radius 3 is 2.90 bits per heavy atom. The summed E-state index contributed by atoms with van der Waals surface area (Å²) in [4.78, 5) is 13.6. The number of amides is 1. The van der Waals surface area contributed by atoms with E-state index in [4.69, 9.17) is 11.6 Å². The molecule has 8 nitrogen and oxygen atoms in total. The summed E-state index contributed by atoms with van der Waals surface area (Å²) in [5.74, 6) is -0.116. The molecule has 2 aromatic heterocycles. The lowest BCUT2D eigenvalue weighted by molar-refractivity contribution is -0.124. The van der Waals surface area contributed by atoms with E-state index < -0.39 is 15.2 Å². The minimum atomic E-state index is -3.75. The van der Waals surface area contributed by atoms with E-state index in [1.54, 1.807) is 30.3 Å². The third-order valence-corrected chi connectivity index (χ3v) is 8.34.